The topological polar surface area (TPSA) is 96.3 Å². The number of nitrogens with zero attached hydrogens (tertiary/aromatic N) is 3. The number of anilines is 1. The van der Waals surface area contributed by atoms with Gasteiger partial charge in [0.25, 0.3) is 6.01 Å². The molecule has 148 valence electrons. The molecular weight excluding hydrogens is 358 g/mol. The number of ether oxygens (including phenoxy) is 1. The molecule has 0 spiro atoms. The van der Waals surface area contributed by atoms with Crippen molar-refractivity contribution in [3.63, 3.8) is 0 Å². The molecule has 1 saturated heterocycles. The minimum absolute atomic E-state index is 0.0950. The number of hydrogen-bond donors (Lipinski definition) is 2. The van der Waals surface area contributed by atoms with Crippen molar-refractivity contribution in [2.24, 2.45) is 5.92 Å². The Balaban J connectivity index is 1.31. The third-order valence-corrected chi connectivity index (χ3v) is 5.14. The van der Waals surface area contributed by atoms with Crippen LogP contribution < -0.4 is 15.0 Å². The standard InChI is InChI=1S/C20H25N5O3/c1-27-16-4-5-18-17(10-16)24-20(28-18)25-8-2-3-14(13-25)9-19(26)21-7-6-15-11-22-23-12-15/h4-5,10-12,14H,2-3,6-9,13H2,1H3,(H,21,26)(H,22,23). The van der Waals surface area contributed by atoms with Gasteiger partial charge in [-0.1, -0.05) is 0 Å². The van der Waals surface area contributed by atoms with Gasteiger partial charge in [0.2, 0.25) is 5.91 Å². The van der Waals surface area contributed by atoms with Crippen molar-refractivity contribution in [1.29, 1.82) is 0 Å². The number of fused-ring (bicyclic) bond motifs is 1. The van der Waals surface area contributed by atoms with Crippen LogP contribution in [-0.2, 0) is 11.2 Å². The summed E-state index contributed by atoms with van der Waals surface area (Å²) in [6, 6.07) is 6.23. The van der Waals surface area contributed by atoms with Crippen LogP contribution in [0, 0.1) is 5.92 Å². The minimum atomic E-state index is 0.0950. The van der Waals surface area contributed by atoms with Gasteiger partial charge < -0.3 is 19.4 Å². The molecule has 8 nitrogen and oxygen atoms in total. The first kappa shape index (κ1) is 18.3. The maximum Gasteiger partial charge on any atom is 0.298 e. The zero-order valence-corrected chi connectivity index (χ0v) is 16.0. The summed E-state index contributed by atoms with van der Waals surface area (Å²) in [6.45, 7) is 2.30. The number of hydrogen-bond acceptors (Lipinski definition) is 6. The molecule has 8 heteroatoms. The molecule has 4 rings (SSSR count). The van der Waals surface area contributed by atoms with Crippen LogP contribution in [0.3, 0.4) is 0 Å². The lowest BCUT2D eigenvalue weighted by Crippen LogP contribution is -2.38. The van der Waals surface area contributed by atoms with E-state index < -0.39 is 0 Å². The van der Waals surface area contributed by atoms with E-state index in [-0.39, 0.29) is 5.91 Å². The van der Waals surface area contributed by atoms with Crippen molar-refractivity contribution in [2.45, 2.75) is 25.7 Å². The SMILES string of the molecule is COc1ccc2oc(N3CCCC(CC(=O)NCCc4cn[nH]c4)C3)nc2c1. The highest BCUT2D eigenvalue weighted by Crippen LogP contribution is 2.29. The summed E-state index contributed by atoms with van der Waals surface area (Å²) in [5, 5.41) is 9.70. The second-order valence-corrected chi connectivity index (χ2v) is 7.19. The van der Waals surface area contributed by atoms with Crippen LogP contribution in [0.5, 0.6) is 5.75 Å². The third-order valence-electron chi connectivity index (χ3n) is 5.14. The Morgan fingerprint density at radius 3 is 3.21 bits per heavy atom. The maximum absolute atomic E-state index is 12.3. The summed E-state index contributed by atoms with van der Waals surface area (Å²) in [5.41, 5.74) is 2.63. The normalized spacial score (nSPS) is 17.0. The molecule has 2 aromatic heterocycles. The summed E-state index contributed by atoms with van der Waals surface area (Å²) in [6.07, 6.45) is 7.00. The molecule has 1 aliphatic rings. The zero-order chi connectivity index (χ0) is 19.3. The molecule has 1 fully saturated rings. The third kappa shape index (κ3) is 4.27. The van der Waals surface area contributed by atoms with Crippen molar-refractivity contribution < 1.29 is 13.9 Å². The number of carbonyl (C=O) groups excluding carboxylic acids is 1. The average Bonchev–Trinajstić information content (AvgIpc) is 3.37. The number of piperidine rings is 1. The Morgan fingerprint density at radius 1 is 1.46 bits per heavy atom. The van der Waals surface area contributed by atoms with Crippen LogP contribution in [0.2, 0.25) is 0 Å². The van der Waals surface area contributed by atoms with Crippen molar-refractivity contribution in [3.8, 4) is 5.75 Å². The number of benzene rings is 1. The molecule has 1 amide bonds. The Hall–Kier alpha value is -3.03. The van der Waals surface area contributed by atoms with E-state index in [1.54, 1.807) is 13.3 Å². The first-order chi connectivity index (χ1) is 13.7. The number of methoxy groups -OCH3 is 1. The number of nitrogens with one attached hydrogen (secondary N) is 2. The average molecular weight is 383 g/mol. The first-order valence-corrected chi connectivity index (χ1v) is 9.65. The van der Waals surface area contributed by atoms with Gasteiger partial charge in [0.15, 0.2) is 5.58 Å². The van der Waals surface area contributed by atoms with Crippen LogP contribution in [0.1, 0.15) is 24.8 Å². The molecule has 0 saturated carbocycles. The number of rotatable bonds is 7. The van der Waals surface area contributed by atoms with E-state index in [0.717, 1.165) is 54.8 Å². The van der Waals surface area contributed by atoms with Crippen LogP contribution >= 0.6 is 0 Å². The number of aromatic amines is 1. The van der Waals surface area contributed by atoms with Crippen LogP contribution in [0.25, 0.3) is 11.1 Å². The second kappa shape index (κ2) is 8.33. The molecule has 28 heavy (non-hydrogen) atoms. The van der Waals surface area contributed by atoms with Gasteiger partial charge >= 0.3 is 0 Å². The number of aromatic nitrogens is 3. The van der Waals surface area contributed by atoms with E-state index in [0.29, 0.717) is 24.9 Å². The second-order valence-electron chi connectivity index (χ2n) is 7.19. The van der Waals surface area contributed by atoms with Crippen molar-refractivity contribution >= 4 is 23.0 Å². The Kier molecular flexibility index (Phi) is 5.45. The van der Waals surface area contributed by atoms with Crippen LogP contribution in [0.15, 0.2) is 35.0 Å². The summed E-state index contributed by atoms with van der Waals surface area (Å²) in [4.78, 5) is 19.0. The fourth-order valence-electron chi connectivity index (χ4n) is 3.66. The highest BCUT2D eigenvalue weighted by molar-refractivity contribution is 5.77. The Bertz CT molecular complexity index is 921. The molecule has 1 aliphatic heterocycles. The first-order valence-electron chi connectivity index (χ1n) is 9.65. The van der Waals surface area contributed by atoms with E-state index >= 15 is 0 Å². The summed E-state index contributed by atoms with van der Waals surface area (Å²) < 4.78 is 11.2. The monoisotopic (exact) mass is 383 g/mol. The molecule has 0 bridgehead atoms. The van der Waals surface area contributed by atoms with Gasteiger partial charge in [0, 0.05) is 38.3 Å². The maximum atomic E-state index is 12.3. The summed E-state index contributed by atoms with van der Waals surface area (Å²) in [7, 11) is 1.64. The summed E-state index contributed by atoms with van der Waals surface area (Å²) >= 11 is 0. The van der Waals surface area contributed by atoms with Gasteiger partial charge in [-0.2, -0.15) is 10.1 Å². The van der Waals surface area contributed by atoms with Crippen LogP contribution in [-0.4, -0.2) is 47.8 Å². The van der Waals surface area contributed by atoms with Crippen molar-refractivity contribution in [2.75, 3.05) is 31.6 Å². The highest BCUT2D eigenvalue weighted by Gasteiger charge is 2.25. The molecule has 0 aliphatic carbocycles. The largest absolute Gasteiger partial charge is 0.497 e. The van der Waals surface area contributed by atoms with Gasteiger partial charge in [0.1, 0.15) is 11.3 Å². The molecule has 1 unspecified atom stereocenters. The van der Waals surface area contributed by atoms with Gasteiger partial charge in [-0.05, 0) is 42.9 Å². The highest BCUT2D eigenvalue weighted by atomic mass is 16.5. The number of amides is 1. The van der Waals surface area contributed by atoms with E-state index in [4.69, 9.17) is 9.15 Å². The minimum Gasteiger partial charge on any atom is -0.497 e. The Morgan fingerprint density at radius 2 is 2.39 bits per heavy atom. The van der Waals surface area contributed by atoms with Gasteiger partial charge in [-0.15, -0.1) is 0 Å². The predicted molar refractivity (Wildman–Crippen MR) is 105 cm³/mol. The molecule has 3 heterocycles. The molecule has 0 radical (unpaired) electrons. The van der Waals surface area contributed by atoms with Gasteiger partial charge in [-0.3, -0.25) is 9.89 Å². The molecule has 1 aromatic carbocycles. The van der Waals surface area contributed by atoms with Crippen LogP contribution in [0.4, 0.5) is 6.01 Å². The van der Waals surface area contributed by atoms with E-state index in [1.807, 2.05) is 24.4 Å². The lowest BCUT2D eigenvalue weighted by Gasteiger charge is -2.31. The van der Waals surface area contributed by atoms with Crippen molar-refractivity contribution in [1.82, 2.24) is 20.5 Å². The molecule has 2 N–H and O–H groups in total. The predicted octanol–water partition coefficient (Wildman–Crippen LogP) is 2.52. The smallest absolute Gasteiger partial charge is 0.298 e. The zero-order valence-electron chi connectivity index (χ0n) is 16.0. The molecule has 1 atom stereocenters. The number of carbonyl (C=O) groups is 1. The van der Waals surface area contributed by atoms with Gasteiger partial charge in [0.05, 0.1) is 13.3 Å². The Labute approximate surface area is 163 Å². The quantitative estimate of drug-likeness (QED) is 0.651. The number of oxazole rings is 1. The fourth-order valence-corrected chi connectivity index (χ4v) is 3.66. The van der Waals surface area contributed by atoms with E-state index in [2.05, 4.69) is 25.4 Å². The van der Waals surface area contributed by atoms with Crippen molar-refractivity contribution in [3.05, 3.63) is 36.2 Å². The lowest BCUT2D eigenvalue weighted by molar-refractivity contribution is -0.122. The van der Waals surface area contributed by atoms with E-state index in [1.165, 1.54) is 0 Å². The lowest BCUT2D eigenvalue weighted by atomic mass is 9.94. The summed E-state index contributed by atoms with van der Waals surface area (Å²) in [5.74, 6) is 1.15. The fraction of sp³-hybridized carbons (Fsp3) is 0.450. The van der Waals surface area contributed by atoms with E-state index in [9.17, 15) is 4.79 Å². The molecule has 3 aromatic rings. The van der Waals surface area contributed by atoms with Gasteiger partial charge in [-0.25, -0.2) is 0 Å². The number of H-pyrrole nitrogens is 1. The molecular formula is C20H25N5O3.